The molecule has 1 unspecified atom stereocenters. The maximum atomic E-state index is 12.9. The van der Waals surface area contributed by atoms with Gasteiger partial charge in [-0.15, -0.1) is 0 Å². The van der Waals surface area contributed by atoms with E-state index in [4.69, 9.17) is 4.74 Å². The van der Waals surface area contributed by atoms with Crippen molar-refractivity contribution in [3.05, 3.63) is 59.7 Å². The average Bonchev–Trinajstić information content (AvgIpc) is 3.18. The van der Waals surface area contributed by atoms with Crippen LogP contribution in [0, 0.1) is 5.92 Å². The number of methoxy groups -OCH3 is 1. The van der Waals surface area contributed by atoms with E-state index in [1.54, 1.807) is 6.92 Å². The molecule has 3 N–H and O–H groups in total. The van der Waals surface area contributed by atoms with Gasteiger partial charge in [0, 0.05) is 5.92 Å². The highest BCUT2D eigenvalue weighted by molar-refractivity contribution is 5.91. The fraction of sp³-hybridized carbons (Fsp3) is 0.385. The number of carbonyl (C=O) groups is 4. The highest BCUT2D eigenvalue weighted by Crippen LogP contribution is 2.44. The van der Waals surface area contributed by atoms with E-state index in [1.165, 1.54) is 0 Å². The number of alkyl carbamates (subject to hydrolysis) is 1. The Morgan fingerprint density at radius 2 is 1.54 bits per heavy atom. The van der Waals surface area contributed by atoms with E-state index in [2.05, 4.69) is 15.4 Å². The molecule has 0 aromatic heterocycles. The van der Waals surface area contributed by atoms with Crippen LogP contribution in [0.15, 0.2) is 48.5 Å². The monoisotopic (exact) mass is 482 g/mol. The molecule has 0 fully saturated rings. The summed E-state index contributed by atoms with van der Waals surface area (Å²) in [7, 11) is 1.13. The van der Waals surface area contributed by atoms with Crippen molar-refractivity contribution in [2.45, 2.75) is 44.7 Å². The van der Waals surface area contributed by atoms with Gasteiger partial charge in [-0.3, -0.25) is 9.59 Å². The van der Waals surface area contributed by atoms with Gasteiger partial charge in [0.05, 0.1) is 13.5 Å². The molecule has 0 spiro atoms. The Hall–Kier alpha value is -3.88. The molecule has 35 heavy (non-hydrogen) atoms. The maximum absolute atomic E-state index is 12.9. The SMILES string of the molecule is CCC(C)[C@H](NC(=O)OCC1c2ccccc2-c2ccccc21)C(=O)N[C@H](CC(=O)OC)C(=O)O. The summed E-state index contributed by atoms with van der Waals surface area (Å²) in [6.07, 6.45) is -0.779. The number of rotatable bonds is 10. The van der Waals surface area contributed by atoms with Crippen LogP contribution in [0.25, 0.3) is 11.1 Å². The van der Waals surface area contributed by atoms with Gasteiger partial charge in [-0.05, 0) is 28.2 Å². The summed E-state index contributed by atoms with van der Waals surface area (Å²) in [4.78, 5) is 48.5. The van der Waals surface area contributed by atoms with Crippen molar-refractivity contribution in [2.24, 2.45) is 5.92 Å². The number of hydrogen-bond acceptors (Lipinski definition) is 6. The third kappa shape index (κ3) is 5.98. The number of carbonyl (C=O) groups excluding carboxylic acids is 3. The molecule has 2 aromatic rings. The van der Waals surface area contributed by atoms with Gasteiger partial charge in [0.15, 0.2) is 0 Å². The second kappa shape index (κ2) is 11.5. The molecule has 2 aromatic carbocycles. The minimum absolute atomic E-state index is 0.0782. The van der Waals surface area contributed by atoms with E-state index in [9.17, 15) is 24.3 Å². The van der Waals surface area contributed by atoms with Gasteiger partial charge in [-0.25, -0.2) is 9.59 Å². The molecule has 0 heterocycles. The molecule has 1 aliphatic carbocycles. The number of amides is 2. The van der Waals surface area contributed by atoms with Crippen LogP contribution in [-0.2, 0) is 23.9 Å². The van der Waals surface area contributed by atoms with Crippen LogP contribution in [0.2, 0.25) is 0 Å². The average molecular weight is 483 g/mol. The molecular formula is C26H30N2O7. The van der Waals surface area contributed by atoms with Crippen LogP contribution in [0.4, 0.5) is 4.79 Å². The first-order valence-electron chi connectivity index (χ1n) is 11.5. The zero-order valence-corrected chi connectivity index (χ0v) is 19.9. The first-order valence-corrected chi connectivity index (χ1v) is 11.5. The lowest BCUT2D eigenvalue weighted by Crippen LogP contribution is -2.54. The number of ether oxygens (including phenoxy) is 2. The topological polar surface area (TPSA) is 131 Å². The van der Waals surface area contributed by atoms with Gasteiger partial charge < -0.3 is 25.2 Å². The van der Waals surface area contributed by atoms with Crippen LogP contribution in [0.1, 0.15) is 43.7 Å². The highest BCUT2D eigenvalue weighted by atomic mass is 16.5. The van der Waals surface area contributed by atoms with Crippen LogP contribution < -0.4 is 10.6 Å². The molecule has 9 nitrogen and oxygen atoms in total. The predicted molar refractivity (Wildman–Crippen MR) is 128 cm³/mol. The number of carboxylic acids is 1. The van der Waals surface area contributed by atoms with Crippen molar-refractivity contribution in [3.8, 4) is 11.1 Å². The van der Waals surface area contributed by atoms with Gasteiger partial charge in [0.2, 0.25) is 5.91 Å². The zero-order valence-electron chi connectivity index (χ0n) is 19.9. The minimum Gasteiger partial charge on any atom is -0.480 e. The lowest BCUT2D eigenvalue weighted by atomic mass is 9.97. The van der Waals surface area contributed by atoms with Crippen molar-refractivity contribution >= 4 is 23.9 Å². The number of esters is 1. The first-order chi connectivity index (χ1) is 16.8. The molecule has 0 radical (unpaired) electrons. The van der Waals surface area contributed by atoms with Gasteiger partial charge in [-0.1, -0.05) is 68.8 Å². The molecule has 0 saturated carbocycles. The number of carboxylic acid groups (broad SMARTS) is 1. The molecule has 0 saturated heterocycles. The summed E-state index contributed by atoms with van der Waals surface area (Å²) in [6.45, 7) is 3.67. The van der Waals surface area contributed by atoms with Crippen molar-refractivity contribution in [1.82, 2.24) is 10.6 Å². The Morgan fingerprint density at radius 1 is 0.971 bits per heavy atom. The summed E-state index contributed by atoms with van der Waals surface area (Å²) >= 11 is 0. The number of fused-ring (bicyclic) bond motifs is 3. The van der Waals surface area contributed by atoms with E-state index in [-0.39, 0.29) is 18.4 Å². The summed E-state index contributed by atoms with van der Waals surface area (Å²) in [6, 6.07) is 13.4. The van der Waals surface area contributed by atoms with Gasteiger partial charge in [0.1, 0.15) is 18.7 Å². The quantitative estimate of drug-likeness (QED) is 0.444. The second-order valence-corrected chi connectivity index (χ2v) is 8.51. The molecule has 2 amide bonds. The van der Waals surface area contributed by atoms with Crippen molar-refractivity contribution in [2.75, 3.05) is 13.7 Å². The van der Waals surface area contributed by atoms with Crippen molar-refractivity contribution in [3.63, 3.8) is 0 Å². The minimum atomic E-state index is -1.48. The zero-order chi connectivity index (χ0) is 25.5. The van der Waals surface area contributed by atoms with E-state index in [0.29, 0.717) is 6.42 Å². The van der Waals surface area contributed by atoms with Crippen molar-refractivity contribution in [1.29, 1.82) is 0 Å². The Balaban J connectivity index is 1.68. The normalized spacial score (nSPS) is 14.6. The summed E-state index contributed by atoms with van der Waals surface area (Å²) in [5, 5.41) is 14.2. The Labute approximate surface area is 203 Å². The van der Waals surface area contributed by atoms with Gasteiger partial charge >= 0.3 is 18.0 Å². The highest BCUT2D eigenvalue weighted by Gasteiger charge is 2.33. The van der Waals surface area contributed by atoms with Crippen molar-refractivity contribution < 1.29 is 33.8 Å². The molecular weight excluding hydrogens is 452 g/mol. The molecule has 9 heteroatoms. The molecule has 1 aliphatic rings. The Morgan fingerprint density at radius 3 is 2.06 bits per heavy atom. The second-order valence-electron chi connectivity index (χ2n) is 8.51. The Bertz CT molecular complexity index is 1060. The number of benzene rings is 2. The fourth-order valence-corrected chi connectivity index (χ4v) is 4.18. The lowest BCUT2D eigenvalue weighted by Gasteiger charge is -2.25. The number of hydrogen-bond donors (Lipinski definition) is 3. The van der Waals surface area contributed by atoms with Crippen LogP contribution in [0.5, 0.6) is 0 Å². The summed E-state index contributed by atoms with van der Waals surface area (Å²) in [5.74, 6) is -3.33. The van der Waals surface area contributed by atoms with E-state index >= 15 is 0 Å². The predicted octanol–water partition coefficient (Wildman–Crippen LogP) is 3.07. The van der Waals surface area contributed by atoms with Crippen LogP contribution in [-0.4, -0.2) is 54.8 Å². The molecule has 0 aliphatic heterocycles. The van der Waals surface area contributed by atoms with E-state index < -0.39 is 42.4 Å². The standard InChI is InChI=1S/C26H30N2O7/c1-4-15(2)23(24(30)27-21(25(31)32)13-22(29)34-3)28-26(33)35-14-20-18-11-7-5-9-16(18)17-10-6-8-12-19(17)20/h5-12,15,20-21,23H,4,13-14H2,1-3H3,(H,27,30)(H,28,33)(H,31,32)/t15?,21-,23+/m1/s1. The smallest absolute Gasteiger partial charge is 0.407 e. The molecule has 3 atom stereocenters. The number of nitrogens with one attached hydrogen (secondary N) is 2. The number of aliphatic carboxylic acids is 1. The van der Waals surface area contributed by atoms with Crippen LogP contribution >= 0.6 is 0 Å². The molecule has 186 valence electrons. The fourth-order valence-electron chi connectivity index (χ4n) is 4.18. The van der Waals surface area contributed by atoms with E-state index in [0.717, 1.165) is 29.4 Å². The summed E-state index contributed by atoms with van der Waals surface area (Å²) in [5.41, 5.74) is 4.31. The maximum Gasteiger partial charge on any atom is 0.407 e. The van der Waals surface area contributed by atoms with Gasteiger partial charge in [0.25, 0.3) is 0 Å². The van der Waals surface area contributed by atoms with Crippen LogP contribution in [0.3, 0.4) is 0 Å². The van der Waals surface area contributed by atoms with E-state index in [1.807, 2.05) is 55.5 Å². The van der Waals surface area contributed by atoms with Gasteiger partial charge in [-0.2, -0.15) is 0 Å². The first kappa shape index (κ1) is 25.7. The largest absolute Gasteiger partial charge is 0.480 e. The Kier molecular flexibility index (Phi) is 8.46. The lowest BCUT2D eigenvalue weighted by molar-refractivity contribution is -0.149. The third-order valence-electron chi connectivity index (χ3n) is 6.33. The third-order valence-corrected chi connectivity index (χ3v) is 6.33. The summed E-state index contributed by atoms with van der Waals surface area (Å²) < 4.78 is 10.0. The molecule has 3 rings (SSSR count). The molecule has 0 bridgehead atoms.